The van der Waals surface area contributed by atoms with Crippen molar-refractivity contribution in [2.24, 2.45) is 0 Å². The first-order chi connectivity index (χ1) is 9.37. The standard InChI is InChI=1S/C10H17N3O2S2.C3H8/c1-13(2)7-6-11-9-4-3-5-10(8-9)17(14,15)12-16;1-3-2/h3-5,8,11-12,16H,6-7H2,1-2H3;3H2,1-2H3. The number of nitrogens with one attached hydrogen (secondary N) is 2. The van der Waals surface area contributed by atoms with Crippen LogP contribution in [0.25, 0.3) is 0 Å². The summed E-state index contributed by atoms with van der Waals surface area (Å²) in [6.07, 6.45) is 1.25. The number of likely N-dealkylation sites (N-methyl/N-ethyl adjacent to an activating group) is 1. The first-order valence-corrected chi connectivity index (χ1v) is 8.45. The van der Waals surface area contributed by atoms with Crippen LogP contribution in [0.3, 0.4) is 0 Å². The molecule has 0 bridgehead atoms. The molecular weight excluding hydrogens is 294 g/mol. The first-order valence-electron chi connectivity index (χ1n) is 6.51. The summed E-state index contributed by atoms with van der Waals surface area (Å²) < 4.78 is 25.0. The summed E-state index contributed by atoms with van der Waals surface area (Å²) in [6.45, 7) is 5.88. The third kappa shape index (κ3) is 7.74. The Morgan fingerprint density at radius 1 is 1.25 bits per heavy atom. The summed E-state index contributed by atoms with van der Waals surface area (Å²) in [5, 5.41) is 3.15. The minimum absolute atomic E-state index is 0.197. The molecule has 0 unspecified atom stereocenters. The maximum absolute atomic E-state index is 11.5. The molecular formula is C13H25N3O2S2. The Hall–Kier alpha value is -0.760. The number of rotatable bonds is 6. The van der Waals surface area contributed by atoms with Crippen LogP contribution in [0.2, 0.25) is 0 Å². The minimum Gasteiger partial charge on any atom is -0.384 e. The molecule has 0 aromatic heterocycles. The van der Waals surface area contributed by atoms with Crippen molar-refractivity contribution in [2.45, 2.75) is 25.2 Å². The van der Waals surface area contributed by atoms with Gasteiger partial charge in [0.1, 0.15) is 0 Å². The smallest absolute Gasteiger partial charge is 0.249 e. The third-order valence-corrected chi connectivity index (χ3v) is 3.99. The number of anilines is 1. The molecule has 7 heteroatoms. The predicted octanol–water partition coefficient (Wildman–Crippen LogP) is 2.20. The van der Waals surface area contributed by atoms with E-state index < -0.39 is 10.0 Å². The lowest BCUT2D eigenvalue weighted by Crippen LogP contribution is -2.21. The number of nitrogens with zero attached hydrogens (tertiary/aromatic N) is 1. The molecule has 1 rings (SSSR count). The average molecular weight is 319 g/mol. The molecule has 1 aromatic carbocycles. The van der Waals surface area contributed by atoms with Crippen LogP contribution in [0.5, 0.6) is 0 Å². The first kappa shape index (κ1) is 19.2. The van der Waals surface area contributed by atoms with Crippen molar-refractivity contribution in [3.8, 4) is 0 Å². The van der Waals surface area contributed by atoms with Crippen LogP contribution in [0, 0.1) is 0 Å². The van der Waals surface area contributed by atoms with E-state index in [1.807, 2.05) is 29.2 Å². The van der Waals surface area contributed by atoms with E-state index in [-0.39, 0.29) is 4.90 Å². The van der Waals surface area contributed by atoms with E-state index in [4.69, 9.17) is 0 Å². The molecule has 0 aliphatic rings. The molecule has 2 N–H and O–H groups in total. The number of hydrogen-bond donors (Lipinski definition) is 3. The largest absolute Gasteiger partial charge is 0.384 e. The second-order valence-corrected chi connectivity index (χ2v) is 6.77. The van der Waals surface area contributed by atoms with Gasteiger partial charge in [-0.3, -0.25) is 0 Å². The molecule has 20 heavy (non-hydrogen) atoms. The summed E-state index contributed by atoms with van der Waals surface area (Å²) in [5.41, 5.74) is 0.775. The molecule has 0 aliphatic heterocycles. The molecule has 5 nitrogen and oxygen atoms in total. The van der Waals surface area contributed by atoms with Crippen molar-refractivity contribution in [1.82, 2.24) is 9.03 Å². The van der Waals surface area contributed by atoms with Gasteiger partial charge in [-0.25, -0.2) is 8.42 Å². The van der Waals surface area contributed by atoms with E-state index in [9.17, 15) is 8.42 Å². The average Bonchev–Trinajstić information content (AvgIpc) is 2.39. The van der Waals surface area contributed by atoms with Crippen LogP contribution < -0.4 is 9.44 Å². The molecule has 0 radical (unpaired) electrons. The highest BCUT2D eigenvalue weighted by Gasteiger charge is 2.11. The molecule has 0 saturated heterocycles. The van der Waals surface area contributed by atoms with Gasteiger partial charge in [0, 0.05) is 18.8 Å². The summed E-state index contributed by atoms with van der Waals surface area (Å²) >= 11 is 3.58. The van der Waals surface area contributed by atoms with Crippen LogP contribution in [0.4, 0.5) is 5.69 Å². The van der Waals surface area contributed by atoms with Gasteiger partial charge in [0.15, 0.2) is 0 Å². The van der Waals surface area contributed by atoms with E-state index in [0.29, 0.717) is 0 Å². The highest BCUT2D eigenvalue weighted by molar-refractivity contribution is 8.00. The van der Waals surface area contributed by atoms with Crippen molar-refractivity contribution in [3.63, 3.8) is 0 Å². The molecule has 0 atom stereocenters. The zero-order chi connectivity index (χ0) is 15.6. The predicted molar refractivity (Wildman–Crippen MR) is 88.8 cm³/mol. The van der Waals surface area contributed by atoms with Gasteiger partial charge in [0.25, 0.3) is 0 Å². The second kappa shape index (κ2) is 10.0. The Morgan fingerprint density at radius 3 is 2.35 bits per heavy atom. The molecule has 0 saturated carbocycles. The van der Waals surface area contributed by atoms with Gasteiger partial charge in [-0.05, 0) is 32.3 Å². The summed E-state index contributed by atoms with van der Waals surface area (Å²) in [5.74, 6) is 0. The Morgan fingerprint density at radius 2 is 1.85 bits per heavy atom. The molecule has 0 fully saturated rings. The molecule has 116 valence electrons. The van der Waals surface area contributed by atoms with E-state index in [2.05, 4.69) is 32.0 Å². The van der Waals surface area contributed by atoms with E-state index in [0.717, 1.165) is 18.8 Å². The maximum Gasteiger partial charge on any atom is 0.249 e. The minimum atomic E-state index is -3.50. The monoisotopic (exact) mass is 319 g/mol. The van der Waals surface area contributed by atoms with Gasteiger partial charge in [0.05, 0.1) is 4.90 Å². The number of sulfonamides is 1. The van der Waals surface area contributed by atoms with E-state index >= 15 is 0 Å². The lowest BCUT2D eigenvalue weighted by Gasteiger charge is -2.12. The summed E-state index contributed by atoms with van der Waals surface area (Å²) in [6, 6.07) is 6.62. The lowest BCUT2D eigenvalue weighted by molar-refractivity contribution is 0.425. The van der Waals surface area contributed by atoms with Crippen molar-refractivity contribution in [3.05, 3.63) is 24.3 Å². The van der Waals surface area contributed by atoms with Crippen LogP contribution in [0.1, 0.15) is 20.3 Å². The summed E-state index contributed by atoms with van der Waals surface area (Å²) in [7, 11) is 0.461. The van der Waals surface area contributed by atoms with Crippen LogP contribution in [0.15, 0.2) is 29.2 Å². The third-order valence-electron chi connectivity index (χ3n) is 2.15. The van der Waals surface area contributed by atoms with Gasteiger partial charge < -0.3 is 10.2 Å². The van der Waals surface area contributed by atoms with Gasteiger partial charge in [-0.2, -0.15) is 4.13 Å². The Labute approximate surface area is 128 Å². The Kier molecular flexibility index (Phi) is 9.66. The van der Waals surface area contributed by atoms with Crippen LogP contribution in [-0.2, 0) is 10.0 Å². The van der Waals surface area contributed by atoms with Crippen LogP contribution in [-0.4, -0.2) is 40.5 Å². The highest BCUT2D eigenvalue weighted by Crippen LogP contribution is 2.15. The molecule has 0 aliphatic carbocycles. The molecule has 0 amide bonds. The molecule has 1 aromatic rings. The molecule has 0 heterocycles. The van der Waals surface area contributed by atoms with E-state index in [1.54, 1.807) is 12.1 Å². The van der Waals surface area contributed by atoms with E-state index in [1.165, 1.54) is 12.5 Å². The van der Waals surface area contributed by atoms with Gasteiger partial charge >= 0.3 is 0 Å². The number of thiol groups is 1. The SMILES string of the molecule is CCC.CN(C)CCNc1cccc(S(=O)(=O)NS)c1. The fraction of sp³-hybridized carbons (Fsp3) is 0.538. The van der Waals surface area contributed by atoms with Crippen LogP contribution >= 0.6 is 12.8 Å². The van der Waals surface area contributed by atoms with Crippen molar-refractivity contribution in [1.29, 1.82) is 0 Å². The lowest BCUT2D eigenvalue weighted by atomic mass is 10.3. The van der Waals surface area contributed by atoms with Crippen molar-refractivity contribution >= 4 is 28.5 Å². The summed E-state index contributed by atoms with van der Waals surface area (Å²) in [4.78, 5) is 2.24. The highest BCUT2D eigenvalue weighted by atomic mass is 32.3. The van der Waals surface area contributed by atoms with Gasteiger partial charge in [-0.15, -0.1) is 0 Å². The molecule has 0 spiro atoms. The van der Waals surface area contributed by atoms with Crippen molar-refractivity contribution in [2.75, 3.05) is 32.5 Å². The topological polar surface area (TPSA) is 61.4 Å². The van der Waals surface area contributed by atoms with Gasteiger partial charge in [0.2, 0.25) is 10.0 Å². The Balaban J connectivity index is 0.00000110. The van der Waals surface area contributed by atoms with Crippen molar-refractivity contribution < 1.29 is 8.42 Å². The fourth-order valence-electron chi connectivity index (χ4n) is 1.25. The quantitative estimate of drug-likeness (QED) is 0.704. The zero-order valence-electron chi connectivity index (χ0n) is 12.5. The van der Waals surface area contributed by atoms with Gasteiger partial charge in [-0.1, -0.05) is 39.1 Å². The zero-order valence-corrected chi connectivity index (χ0v) is 14.3. The second-order valence-electron chi connectivity index (χ2n) is 4.56. The number of benzene rings is 1. The normalized spacial score (nSPS) is 10.9. The number of hydrogen-bond acceptors (Lipinski definition) is 5. The fourth-order valence-corrected chi connectivity index (χ4v) is 2.21. The maximum atomic E-state index is 11.5. The Bertz CT molecular complexity index is 476.